The Hall–Kier alpha value is -3.94. The van der Waals surface area contributed by atoms with Gasteiger partial charge in [-0.3, -0.25) is 19.6 Å². The molecule has 0 aliphatic carbocycles. The average Bonchev–Trinajstić information content (AvgIpc) is 3.81. The summed E-state index contributed by atoms with van der Waals surface area (Å²) >= 11 is 1.43. The summed E-state index contributed by atoms with van der Waals surface area (Å²) in [4.78, 5) is 35.5. The number of benzene rings is 1. The summed E-state index contributed by atoms with van der Waals surface area (Å²) in [6, 6.07) is 13.4. The maximum Gasteiger partial charge on any atom is 0.238 e. The zero-order valence-electron chi connectivity index (χ0n) is 24.4. The highest BCUT2D eigenvalue weighted by Gasteiger charge is 2.29. The van der Waals surface area contributed by atoms with Gasteiger partial charge in [-0.2, -0.15) is 5.10 Å². The molecule has 3 aromatic heterocycles. The molecule has 4 N–H and O–H groups in total. The van der Waals surface area contributed by atoms with Gasteiger partial charge in [0, 0.05) is 41.6 Å². The lowest BCUT2D eigenvalue weighted by atomic mass is 10.1. The van der Waals surface area contributed by atoms with Gasteiger partial charge in [0.05, 0.1) is 12.5 Å². The average molecular weight is 603 g/mol. The van der Waals surface area contributed by atoms with Crippen LogP contribution in [0.5, 0.6) is 0 Å². The van der Waals surface area contributed by atoms with Crippen molar-refractivity contribution in [2.24, 2.45) is 5.92 Å². The summed E-state index contributed by atoms with van der Waals surface area (Å²) in [6.45, 7) is 7.72. The number of nitrogens with zero attached hydrogens (tertiary/aromatic N) is 6. The molecule has 2 saturated heterocycles. The molecule has 4 aromatic rings. The van der Waals surface area contributed by atoms with E-state index < -0.39 is 0 Å². The highest BCUT2D eigenvalue weighted by Crippen LogP contribution is 2.29. The van der Waals surface area contributed by atoms with E-state index in [9.17, 15) is 9.59 Å². The first-order valence-corrected chi connectivity index (χ1v) is 15.7. The van der Waals surface area contributed by atoms with E-state index in [1.165, 1.54) is 37.7 Å². The number of hydrogen-bond acceptors (Lipinski definition) is 9. The van der Waals surface area contributed by atoms with E-state index in [0.29, 0.717) is 23.3 Å². The van der Waals surface area contributed by atoms with Crippen LogP contribution in [0.1, 0.15) is 31.4 Å². The summed E-state index contributed by atoms with van der Waals surface area (Å²) in [5.74, 6) is 1.32. The molecule has 0 radical (unpaired) electrons. The highest BCUT2D eigenvalue weighted by atomic mass is 32.2. The van der Waals surface area contributed by atoms with Crippen LogP contribution in [-0.2, 0) is 9.59 Å². The molecule has 43 heavy (non-hydrogen) atoms. The third-order valence-electron chi connectivity index (χ3n) is 7.83. The Morgan fingerprint density at radius 2 is 1.93 bits per heavy atom. The number of rotatable bonds is 12. The molecule has 1 aromatic carbocycles. The molecule has 2 amide bonds. The van der Waals surface area contributed by atoms with Crippen LogP contribution in [0.15, 0.2) is 58.7 Å². The van der Waals surface area contributed by atoms with Gasteiger partial charge in [0.1, 0.15) is 5.52 Å². The summed E-state index contributed by atoms with van der Waals surface area (Å²) in [6.07, 6.45) is 6.23. The minimum atomic E-state index is -0.0854. The fourth-order valence-electron chi connectivity index (χ4n) is 5.62. The minimum absolute atomic E-state index is 0.0528. The van der Waals surface area contributed by atoms with Gasteiger partial charge in [0.15, 0.2) is 11.6 Å². The topological polar surface area (TPSA) is 136 Å². The van der Waals surface area contributed by atoms with Crippen molar-refractivity contribution in [3.8, 4) is 0 Å². The van der Waals surface area contributed by atoms with Crippen molar-refractivity contribution in [1.29, 1.82) is 0 Å². The summed E-state index contributed by atoms with van der Waals surface area (Å²) < 4.78 is 1.79. The van der Waals surface area contributed by atoms with Gasteiger partial charge in [0.25, 0.3) is 0 Å². The summed E-state index contributed by atoms with van der Waals surface area (Å²) in [7, 11) is 0. The zero-order valence-corrected chi connectivity index (χ0v) is 25.2. The van der Waals surface area contributed by atoms with Gasteiger partial charge < -0.3 is 20.9 Å². The number of aromatic amines is 1. The van der Waals surface area contributed by atoms with Crippen LogP contribution in [0.25, 0.3) is 5.52 Å². The number of aryl methyl sites for hydroxylation is 1. The zero-order chi connectivity index (χ0) is 29.6. The molecule has 0 bridgehead atoms. The molecule has 12 nitrogen and oxygen atoms in total. The van der Waals surface area contributed by atoms with E-state index in [1.54, 1.807) is 4.52 Å². The van der Waals surface area contributed by atoms with E-state index in [0.717, 1.165) is 54.3 Å². The van der Waals surface area contributed by atoms with Crippen LogP contribution in [0.2, 0.25) is 0 Å². The molecule has 13 heteroatoms. The minimum Gasteiger partial charge on any atom is -0.356 e. The third kappa shape index (κ3) is 7.72. The number of anilines is 3. The van der Waals surface area contributed by atoms with Gasteiger partial charge >= 0.3 is 0 Å². The molecule has 226 valence electrons. The second-order valence-electron chi connectivity index (χ2n) is 11.2. The molecule has 0 saturated carbocycles. The maximum absolute atomic E-state index is 12.7. The summed E-state index contributed by atoms with van der Waals surface area (Å²) in [5, 5.41) is 21.7. The van der Waals surface area contributed by atoms with Gasteiger partial charge in [-0.15, -0.1) is 5.10 Å². The molecular weight excluding hydrogens is 564 g/mol. The fourth-order valence-corrected chi connectivity index (χ4v) is 6.37. The Kier molecular flexibility index (Phi) is 9.20. The molecular formula is C30H38N10O2S. The molecule has 6 rings (SSSR count). The first-order valence-electron chi connectivity index (χ1n) is 14.9. The Morgan fingerprint density at radius 1 is 1.09 bits per heavy atom. The van der Waals surface area contributed by atoms with Crippen molar-refractivity contribution in [3.05, 3.63) is 54.4 Å². The van der Waals surface area contributed by atoms with Gasteiger partial charge in [-0.25, -0.2) is 9.50 Å². The SMILES string of the molecule is Cc1cc(Nc2nc(Sc3ccc(NC(=O)CN4CCC(C(=O)NCCCN5CCCC5)C4)cc3)nn3cccc23)n[nH]1. The number of hydrogen-bond donors (Lipinski definition) is 4. The quantitative estimate of drug-likeness (QED) is 0.180. The van der Waals surface area contributed by atoms with Crippen LogP contribution < -0.4 is 16.0 Å². The first kappa shape index (κ1) is 29.1. The monoisotopic (exact) mass is 602 g/mol. The highest BCUT2D eigenvalue weighted by molar-refractivity contribution is 7.99. The number of aromatic nitrogens is 5. The van der Waals surface area contributed by atoms with Crippen LogP contribution in [-0.4, -0.2) is 92.2 Å². The van der Waals surface area contributed by atoms with Crippen LogP contribution in [0.3, 0.4) is 0 Å². The number of carbonyl (C=O) groups is 2. The van der Waals surface area contributed by atoms with Gasteiger partial charge in [0.2, 0.25) is 17.0 Å². The van der Waals surface area contributed by atoms with Crippen LogP contribution in [0, 0.1) is 12.8 Å². The molecule has 0 spiro atoms. The van der Waals surface area contributed by atoms with Crippen molar-refractivity contribution >= 4 is 46.4 Å². The van der Waals surface area contributed by atoms with E-state index >= 15 is 0 Å². The Bertz CT molecular complexity index is 1550. The van der Waals surface area contributed by atoms with E-state index in [2.05, 4.69) is 41.0 Å². The predicted molar refractivity (Wildman–Crippen MR) is 167 cm³/mol. The lowest BCUT2D eigenvalue weighted by Gasteiger charge is -2.17. The number of fused-ring (bicyclic) bond motifs is 1. The standard InChI is InChI=1S/C30H38N10O2S/c1-21-18-26(36-35-21)33-28-25-6-4-16-40(25)37-30(34-28)43-24-9-7-23(8-10-24)32-27(41)20-39-17-11-22(19-39)29(42)31-12-5-15-38-13-2-3-14-38/h4,6-10,16,18,22H,2-3,5,11-15,17,19-20H2,1H3,(H,31,42)(H,32,41)(H2,33,34,35,36,37). The lowest BCUT2D eigenvalue weighted by Crippen LogP contribution is -2.36. The molecule has 1 unspecified atom stereocenters. The molecule has 2 fully saturated rings. The second-order valence-corrected chi connectivity index (χ2v) is 12.3. The molecule has 1 atom stereocenters. The Balaban J connectivity index is 0.963. The van der Waals surface area contributed by atoms with Crippen LogP contribution in [0.4, 0.5) is 17.3 Å². The third-order valence-corrected chi connectivity index (χ3v) is 8.69. The van der Waals surface area contributed by atoms with E-state index in [4.69, 9.17) is 4.98 Å². The van der Waals surface area contributed by atoms with Crippen molar-refractivity contribution in [3.63, 3.8) is 0 Å². The van der Waals surface area contributed by atoms with Gasteiger partial charge in [-0.05, 0) is 107 Å². The lowest BCUT2D eigenvalue weighted by molar-refractivity contribution is -0.125. The van der Waals surface area contributed by atoms with Gasteiger partial charge in [-0.1, -0.05) is 0 Å². The number of H-pyrrole nitrogens is 1. The Labute approximate surface area is 255 Å². The number of carbonyl (C=O) groups excluding carboxylic acids is 2. The van der Waals surface area contributed by atoms with Crippen LogP contribution >= 0.6 is 11.8 Å². The number of amides is 2. The molecule has 2 aliphatic heterocycles. The Morgan fingerprint density at radius 3 is 2.72 bits per heavy atom. The van der Waals surface area contributed by atoms with Crippen molar-refractivity contribution in [1.82, 2.24) is 39.9 Å². The predicted octanol–water partition coefficient (Wildman–Crippen LogP) is 3.52. The number of nitrogens with one attached hydrogen (secondary N) is 4. The fraction of sp³-hybridized carbons (Fsp3) is 0.433. The van der Waals surface area contributed by atoms with Crippen molar-refractivity contribution < 1.29 is 9.59 Å². The van der Waals surface area contributed by atoms with E-state index in [1.807, 2.05) is 55.6 Å². The smallest absolute Gasteiger partial charge is 0.238 e. The molecule has 2 aliphatic rings. The molecule has 5 heterocycles. The summed E-state index contributed by atoms with van der Waals surface area (Å²) in [5.41, 5.74) is 2.52. The van der Waals surface area contributed by atoms with Crippen molar-refractivity contribution in [2.45, 2.75) is 42.7 Å². The maximum atomic E-state index is 12.7. The second kappa shape index (κ2) is 13.6. The van der Waals surface area contributed by atoms with E-state index in [-0.39, 0.29) is 24.3 Å². The normalized spacial score (nSPS) is 17.5. The largest absolute Gasteiger partial charge is 0.356 e. The van der Waals surface area contributed by atoms with Crippen molar-refractivity contribution in [2.75, 3.05) is 56.4 Å². The first-order chi connectivity index (χ1) is 21.0. The number of likely N-dealkylation sites (tertiary alicyclic amines) is 2.